The van der Waals surface area contributed by atoms with Gasteiger partial charge in [0.2, 0.25) is 5.91 Å². The van der Waals surface area contributed by atoms with Crippen molar-refractivity contribution in [3.05, 3.63) is 0 Å². The highest BCUT2D eigenvalue weighted by atomic mass is 16.2. The maximum atomic E-state index is 12.2. The zero-order valence-electron chi connectivity index (χ0n) is 11.8. The highest BCUT2D eigenvalue weighted by Crippen LogP contribution is 2.15. The van der Waals surface area contributed by atoms with Crippen molar-refractivity contribution in [2.45, 2.75) is 58.0 Å². The number of unbranched alkanes of at least 4 members (excludes halogenated alkanes) is 1. The van der Waals surface area contributed by atoms with E-state index in [1.807, 2.05) is 4.90 Å². The van der Waals surface area contributed by atoms with Crippen LogP contribution in [0.5, 0.6) is 0 Å². The van der Waals surface area contributed by atoms with E-state index < -0.39 is 0 Å². The van der Waals surface area contributed by atoms with Crippen LogP contribution in [-0.4, -0.2) is 54.1 Å². The number of carbonyl (C=O) groups is 1. The molecule has 18 heavy (non-hydrogen) atoms. The molecule has 0 spiro atoms. The first-order valence-corrected chi connectivity index (χ1v) is 7.48. The van der Waals surface area contributed by atoms with E-state index in [-0.39, 0.29) is 6.04 Å². The Kier molecular flexibility index (Phi) is 5.01. The number of hydrogen-bond acceptors (Lipinski definition) is 3. The number of amides is 1. The molecule has 4 nitrogen and oxygen atoms in total. The first-order valence-electron chi connectivity index (χ1n) is 7.48. The summed E-state index contributed by atoms with van der Waals surface area (Å²) in [6.07, 6.45) is 5.92. The molecule has 0 aromatic heterocycles. The number of rotatable bonds is 6. The molecule has 0 saturated carbocycles. The second-order valence-electron chi connectivity index (χ2n) is 5.71. The van der Waals surface area contributed by atoms with Crippen LogP contribution in [0.3, 0.4) is 0 Å². The molecule has 2 rings (SSSR count). The Hall–Kier alpha value is -0.610. The average Bonchev–Trinajstić information content (AvgIpc) is 2.99. The van der Waals surface area contributed by atoms with Crippen LogP contribution in [0.1, 0.15) is 46.0 Å². The van der Waals surface area contributed by atoms with Crippen molar-refractivity contribution in [1.29, 1.82) is 0 Å². The van der Waals surface area contributed by atoms with Gasteiger partial charge in [-0.15, -0.1) is 0 Å². The minimum Gasteiger partial charge on any atom is -0.327 e. The number of hydrogen-bond donors (Lipinski definition) is 1. The molecule has 2 aliphatic rings. The Labute approximate surface area is 111 Å². The fraction of sp³-hybridized carbons (Fsp3) is 0.929. The first-order chi connectivity index (χ1) is 8.72. The zero-order valence-corrected chi connectivity index (χ0v) is 11.8. The molecule has 2 atom stereocenters. The Balaban J connectivity index is 1.78. The molecule has 0 aromatic carbocycles. The van der Waals surface area contributed by atoms with Gasteiger partial charge in [-0.2, -0.15) is 0 Å². The van der Waals surface area contributed by atoms with E-state index in [4.69, 9.17) is 0 Å². The van der Waals surface area contributed by atoms with Crippen molar-refractivity contribution in [1.82, 2.24) is 15.1 Å². The van der Waals surface area contributed by atoms with Crippen LogP contribution in [0.2, 0.25) is 0 Å². The van der Waals surface area contributed by atoms with Crippen molar-refractivity contribution < 1.29 is 4.79 Å². The van der Waals surface area contributed by atoms with Gasteiger partial charge in [0.1, 0.15) is 0 Å². The van der Waals surface area contributed by atoms with Crippen LogP contribution < -0.4 is 5.32 Å². The second-order valence-corrected chi connectivity index (χ2v) is 5.71. The molecule has 2 saturated heterocycles. The van der Waals surface area contributed by atoms with Crippen molar-refractivity contribution in [2.75, 3.05) is 26.3 Å². The fourth-order valence-corrected chi connectivity index (χ4v) is 3.01. The van der Waals surface area contributed by atoms with Gasteiger partial charge in [-0.25, -0.2) is 0 Å². The number of likely N-dealkylation sites (tertiary alicyclic amines) is 1. The highest BCUT2D eigenvalue weighted by Gasteiger charge is 2.32. The molecule has 2 unspecified atom stereocenters. The normalized spacial score (nSPS) is 27.1. The molecular weight excluding hydrogens is 226 g/mol. The van der Waals surface area contributed by atoms with Gasteiger partial charge >= 0.3 is 0 Å². The molecule has 0 bridgehead atoms. The Morgan fingerprint density at radius 2 is 2.11 bits per heavy atom. The summed E-state index contributed by atoms with van der Waals surface area (Å²) in [6, 6.07) is 0.582. The summed E-state index contributed by atoms with van der Waals surface area (Å²) in [4.78, 5) is 16.7. The van der Waals surface area contributed by atoms with Crippen LogP contribution in [-0.2, 0) is 4.79 Å². The maximum absolute atomic E-state index is 12.2. The quantitative estimate of drug-likeness (QED) is 0.777. The third kappa shape index (κ3) is 3.23. The highest BCUT2D eigenvalue weighted by molar-refractivity contribution is 5.83. The molecule has 1 N–H and O–H groups in total. The lowest BCUT2D eigenvalue weighted by Crippen LogP contribution is -2.42. The summed E-state index contributed by atoms with van der Waals surface area (Å²) >= 11 is 0. The minimum atomic E-state index is 0.0794. The molecular formula is C14H27N3O. The molecule has 2 fully saturated rings. The Morgan fingerprint density at radius 3 is 2.78 bits per heavy atom. The van der Waals surface area contributed by atoms with Crippen LogP contribution in [0.25, 0.3) is 0 Å². The van der Waals surface area contributed by atoms with Gasteiger partial charge in [-0.3, -0.25) is 15.0 Å². The van der Waals surface area contributed by atoms with Crippen molar-refractivity contribution in [3.8, 4) is 0 Å². The van der Waals surface area contributed by atoms with Crippen molar-refractivity contribution in [3.63, 3.8) is 0 Å². The lowest BCUT2D eigenvalue weighted by atomic mass is 10.1. The summed E-state index contributed by atoms with van der Waals surface area (Å²) in [5.41, 5.74) is 0. The number of carbonyl (C=O) groups excluding carboxylic acids is 1. The average molecular weight is 253 g/mol. The van der Waals surface area contributed by atoms with Gasteiger partial charge in [0.25, 0.3) is 0 Å². The van der Waals surface area contributed by atoms with Gasteiger partial charge in [0.05, 0.1) is 12.7 Å². The number of nitrogens with zero attached hydrogens (tertiary/aromatic N) is 2. The van der Waals surface area contributed by atoms with Crippen LogP contribution >= 0.6 is 0 Å². The summed E-state index contributed by atoms with van der Waals surface area (Å²) < 4.78 is 0. The molecule has 1 amide bonds. The monoisotopic (exact) mass is 253 g/mol. The van der Waals surface area contributed by atoms with Gasteiger partial charge in [-0.1, -0.05) is 19.8 Å². The number of nitrogens with one attached hydrogen (secondary N) is 1. The standard InChI is InChI=1S/C14H27N3O/c1-3-4-7-13-14(18)17(11-15-13)10-12(2)16-8-5-6-9-16/h12-13,15H,3-11H2,1-2H3. The van der Waals surface area contributed by atoms with E-state index in [9.17, 15) is 4.79 Å². The molecule has 2 aliphatic heterocycles. The summed E-state index contributed by atoms with van der Waals surface area (Å²) in [6.45, 7) is 8.45. The SMILES string of the molecule is CCCCC1NCN(CC(C)N2CCCC2)C1=O. The third-order valence-electron chi connectivity index (χ3n) is 4.23. The van der Waals surface area contributed by atoms with E-state index in [0.29, 0.717) is 11.9 Å². The van der Waals surface area contributed by atoms with Crippen molar-refractivity contribution >= 4 is 5.91 Å². The fourth-order valence-electron chi connectivity index (χ4n) is 3.01. The van der Waals surface area contributed by atoms with Crippen molar-refractivity contribution in [2.24, 2.45) is 0 Å². The predicted molar refractivity (Wildman–Crippen MR) is 73.3 cm³/mol. The lowest BCUT2D eigenvalue weighted by molar-refractivity contribution is -0.129. The van der Waals surface area contributed by atoms with E-state index in [0.717, 1.165) is 32.5 Å². The Morgan fingerprint density at radius 1 is 1.39 bits per heavy atom. The smallest absolute Gasteiger partial charge is 0.240 e. The van der Waals surface area contributed by atoms with E-state index in [2.05, 4.69) is 24.1 Å². The van der Waals surface area contributed by atoms with E-state index in [1.54, 1.807) is 0 Å². The lowest BCUT2D eigenvalue weighted by Gasteiger charge is -2.28. The summed E-state index contributed by atoms with van der Waals surface area (Å²) in [5, 5.41) is 3.35. The van der Waals surface area contributed by atoms with Crippen LogP contribution in [0, 0.1) is 0 Å². The molecule has 0 aliphatic carbocycles. The zero-order chi connectivity index (χ0) is 13.0. The molecule has 104 valence electrons. The Bertz CT molecular complexity index is 276. The second kappa shape index (κ2) is 6.53. The van der Waals surface area contributed by atoms with E-state index in [1.165, 1.54) is 25.9 Å². The predicted octanol–water partition coefficient (Wildman–Crippen LogP) is 1.42. The van der Waals surface area contributed by atoms with Gasteiger partial charge in [0.15, 0.2) is 0 Å². The summed E-state index contributed by atoms with van der Waals surface area (Å²) in [7, 11) is 0. The topological polar surface area (TPSA) is 35.6 Å². The van der Waals surface area contributed by atoms with E-state index >= 15 is 0 Å². The first kappa shape index (κ1) is 13.8. The molecule has 4 heteroatoms. The molecule has 0 aromatic rings. The maximum Gasteiger partial charge on any atom is 0.240 e. The minimum absolute atomic E-state index is 0.0794. The molecule has 0 radical (unpaired) electrons. The van der Waals surface area contributed by atoms with Gasteiger partial charge in [-0.05, 0) is 39.3 Å². The summed E-state index contributed by atoms with van der Waals surface area (Å²) in [5.74, 6) is 0.314. The largest absolute Gasteiger partial charge is 0.327 e. The molecule has 2 heterocycles. The van der Waals surface area contributed by atoms with Crippen LogP contribution in [0.15, 0.2) is 0 Å². The van der Waals surface area contributed by atoms with Gasteiger partial charge in [0, 0.05) is 12.6 Å². The third-order valence-corrected chi connectivity index (χ3v) is 4.23. The van der Waals surface area contributed by atoms with Gasteiger partial charge < -0.3 is 4.90 Å². The van der Waals surface area contributed by atoms with Crippen LogP contribution in [0.4, 0.5) is 0 Å².